The summed E-state index contributed by atoms with van der Waals surface area (Å²) in [5.74, 6) is -4.67. The van der Waals surface area contributed by atoms with E-state index in [9.17, 15) is 34.2 Å². The van der Waals surface area contributed by atoms with Crippen LogP contribution >= 0.6 is 23.3 Å². The fourth-order valence-corrected chi connectivity index (χ4v) is 6.23. The number of rotatable bonds is 13. The molecule has 4 rings (SSSR count). The maximum absolute atomic E-state index is 13.3. The Morgan fingerprint density at radius 2 is 1.98 bits per heavy atom. The maximum atomic E-state index is 13.3. The molecule has 19 nitrogen and oxygen atoms in total. The normalized spacial score (nSPS) is 18.3. The van der Waals surface area contributed by atoms with Gasteiger partial charge in [-0.3, -0.25) is 19.8 Å². The number of carboxylic acids is 2. The van der Waals surface area contributed by atoms with Crippen LogP contribution in [0.2, 0.25) is 0 Å². The molecule has 10 N–H and O–H groups in total. The minimum Gasteiger partial charge on any atom is -0.478 e. The smallest absolute Gasteiger partial charge is 0.352 e. The molecule has 2 aliphatic rings. The number of fused-ring (bicyclic) bond motifs is 1. The number of aliphatic carboxylic acids is 2. The lowest BCUT2D eigenvalue weighted by molar-refractivity contribution is -0.765. The summed E-state index contributed by atoms with van der Waals surface area (Å²) < 4.78 is 7.07. The fraction of sp³-hybridized carbons (Fsp3) is 0.458. The van der Waals surface area contributed by atoms with E-state index in [2.05, 4.69) is 25.1 Å². The Labute approximate surface area is 263 Å². The van der Waals surface area contributed by atoms with E-state index in [1.54, 1.807) is 11.7 Å². The van der Waals surface area contributed by atoms with Crippen molar-refractivity contribution in [2.24, 2.45) is 23.9 Å². The van der Waals surface area contributed by atoms with Crippen molar-refractivity contribution in [3.8, 4) is 0 Å². The predicted molar refractivity (Wildman–Crippen MR) is 161 cm³/mol. The first-order chi connectivity index (χ1) is 21.2. The van der Waals surface area contributed by atoms with Crippen molar-refractivity contribution >= 4 is 75.3 Å². The van der Waals surface area contributed by atoms with Gasteiger partial charge in [0.2, 0.25) is 23.5 Å². The van der Waals surface area contributed by atoms with Crippen LogP contribution in [-0.4, -0.2) is 94.3 Å². The second kappa shape index (κ2) is 13.1. The Hall–Kier alpha value is -4.76. The zero-order valence-electron chi connectivity index (χ0n) is 24.3. The minimum atomic E-state index is -1.79. The van der Waals surface area contributed by atoms with Gasteiger partial charge < -0.3 is 37.6 Å². The average Bonchev–Trinajstić information content (AvgIpc) is 3.52. The number of nitrogens with zero attached hydrogens (tertiary/aromatic N) is 6. The number of carbonyl (C=O) groups excluding carboxylic acids is 3. The lowest BCUT2D eigenvalue weighted by Gasteiger charge is -2.49. The largest absolute Gasteiger partial charge is 0.478 e. The highest BCUT2D eigenvalue weighted by molar-refractivity contribution is 8.00. The molecule has 2 atom stereocenters. The van der Waals surface area contributed by atoms with Crippen LogP contribution in [-0.2, 0) is 37.6 Å². The third kappa shape index (κ3) is 6.83. The Morgan fingerprint density at radius 1 is 1.27 bits per heavy atom. The number of nitrogens with one attached hydrogen (secondary N) is 2. The van der Waals surface area contributed by atoms with Gasteiger partial charge in [-0.25, -0.2) is 14.4 Å². The zero-order chi connectivity index (χ0) is 33.2. The lowest BCUT2D eigenvalue weighted by Crippen LogP contribution is -2.62. The first kappa shape index (κ1) is 33.1. The number of aromatic nitrogens is 4. The molecule has 4 heterocycles. The van der Waals surface area contributed by atoms with E-state index in [-0.39, 0.29) is 53.5 Å². The van der Waals surface area contributed by atoms with Crippen LogP contribution < -0.4 is 32.5 Å². The molecule has 1 saturated heterocycles. The molecule has 2 aromatic rings. The van der Waals surface area contributed by atoms with Gasteiger partial charge in [0.1, 0.15) is 5.70 Å². The number of nitrogens with two attached hydrogens (primary N) is 3. The van der Waals surface area contributed by atoms with E-state index in [1.165, 1.54) is 36.5 Å². The topological polar surface area (TPSA) is 287 Å². The zero-order valence-corrected chi connectivity index (χ0v) is 26.0. The molecule has 45 heavy (non-hydrogen) atoms. The molecule has 2 aliphatic heterocycles. The number of β-lactam (4-membered cyclic amide) rings is 1. The molecule has 0 bridgehead atoms. The molecule has 1 fully saturated rings. The van der Waals surface area contributed by atoms with Crippen LogP contribution in [0.5, 0.6) is 0 Å². The van der Waals surface area contributed by atoms with Gasteiger partial charge in [-0.2, -0.15) is 9.36 Å². The predicted octanol–water partition coefficient (Wildman–Crippen LogP) is -1.48. The second-order valence-electron chi connectivity index (χ2n) is 10.4. The van der Waals surface area contributed by atoms with Crippen molar-refractivity contribution in [1.29, 1.82) is 0 Å². The van der Waals surface area contributed by atoms with E-state index >= 15 is 0 Å². The summed E-state index contributed by atoms with van der Waals surface area (Å²) in [6, 6.07) is -0.516. The Bertz CT molecular complexity index is 1620. The van der Waals surface area contributed by atoms with E-state index in [1.807, 2.05) is 0 Å². The van der Waals surface area contributed by atoms with E-state index in [0.29, 0.717) is 5.57 Å². The number of Topliss-reactive ketones (excluding diaryl/α,β-unsaturated/α-hetero) is 1. The van der Waals surface area contributed by atoms with Crippen molar-refractivity contribution < 1.29 is 43.7 Å². The summed E-state index contributed by atoms with van der Waals surface area (Å²) in [5.41, 5.74) is 15.4. The SMILES string of the molecule is Cn1c(N)c(NC(=O)NCCN)c[n+]1CC1=C(C(=O)O)N2C(=O)[C@@H](CC(=O)/C(=N\OC(C)(C)C(=O)O)c3nsc(N)n3)C2SC1. The number of urea groups is 1. The first-order valence-corrected chi connectivity index (χ1v) is 15.1. The van der Waals surface area contributed by atoms with Crippen LogP contribution in [0, 0.1) is 5.92 Å². The van der Waals surface area contributed by atoms with Crippen LogP contribution in [0.1, 0.15) is 26.1 Å². The summed E-state index contributed by atoms with van der Waals surface area (Å²) in [7, 11) is 1.62. The van der Waals surface area contributed by atoms with Gasteiger partial charge >= 0.3 is 18.0 Å². The fourth-order valence-electron chi connectivity index (χ4n) is 4.39. The van der Waals surface area contributed by atoms with Gasteiger partial charge in [0.15, 0.2) is 34.7 Å². The number of anilines is 3. The number of ketones is 1. The van der Waals surface area contributed by atoms with Crippen molar-refractivity contribution in [3.05, 3.63) is 23.3 Å². The number of hydrogen-bond acceptors (Lipinski definition) is 14. The molecular weight excluding hydrogens is 634 g/mol. The summed E-state index contributed by atoms with van der Waals surface area (Å²) in [4.78, 5) is 72.8. The van der Waals surface area contributed by atoms with Crippen LogP contribution in [0.3, 0.4) is 0 Å². The van der Waals surface area contributed by atoms with Gasteiger partial charge in [0.05, 0.1) is 18.3 Å². The molecule has 3 amide bonds. The summed E-state index contributed by atoms with van der Waals surface area (Å²) in [6.45, 7) is 2.99. The lowest BCUT2D eigenvalue weighted by atomic mass is 9.89. The monoisotopic (exact) mass is 666 g/mol. The standard InChI is InChI=1S/C24H31N11O8S2/c1-24(2,21(40)41)43-31-14(17-30-22(27)45-32-17)13(36)6-11-18(37)35-15(20(38)39)10(9-44-19(11)35)7-34-8-12(16(26)33(34)3)29-23(42)28-5-4-25/h8,11,19,26H,4-7,9,25H2,1-3H3,(H6,27,28,29,30,32,38,39,40,41,42)/p+1/b31-14+/t11-,19?/m1/s1. The van der Waals surface area contributed by atoms with Crippen LogP contribution in [0.25, 0.3) is 0 Å². The van der Waals surface area contributed by atoms with E-state index < -0.39 is 58.7 Å². The Balaban J connectivity index is 1.54. The van der Waals surface area contributed by atoms with E-state index in [0.717, 1.165) is 16.4 Å². The molecule has 0 saturated carbocycles. The third-order valence-corrected chi connectivity index (χ3v) is 8.82. The Kier molecular flexibility index (Phi) is 9.63. The van der Waals surface area contributed by atoms with Gasteiger partial charge in [0.25, 0.3) is 0 Å². The molecular formula is C24H32N11O8S2+. The average molecular weight is 667 g/mol. The second-order valence-corrected chi connectivity index (χ2v) is 12.3. The summed E-state index contributed by atoms with van der Waals surface area (Å²) in [6.07, 6.45) is 1.14. The number of hydrogen-bond donors (Lipinski definition) is 7. The summed E-state index contributed by atoms with van der Waals surface area (Å²) >= 11 is 2.06. The molecule has 0 spiro atoms. The number of carbonyl (C=O) groups is 5. The van der Waals surface area contributed by atoms with Crippen LogP contribution in [0.15, 0.2) is 22.6 Å². The number of oxime groups is 1. The molecule has 0 aromatic carbocycles. The van der Waals surface area contributed by atoms with Crippen molar-refractivity contribution in [2.45, 2.75) is 37.8 Å². The highest BCUT2D eigenvalue weighted by atomic mass is 32.2. The first-order valence-electron chi connectivity index (χ1n) is 13.3. The number of carboxylic acid groups (broad SMARTS) is 2. The van der Waals surface area contributed by atoms with Crippen LogP contribution in [0.4, 0.5) is 21.4 Å². The molecule has 21 heteroatoms. The number of amides is 3. The molecule has 2 aromatic heterocycles. The maximum Gasteiger partial charge on any atom is 0.352 e. The van der Waals surface area contributed by atoms with Crippen molar-refractivity contribution in [1.82, 2.24) is 24.3 Å². The highest BCUT2D eigenvalue weighted by Gasteiger charge is 2.54. The number of thioether (sulfide) groups is 1. The van der Waals surface area contributed by atoms with Crippen molar-refractivity contribution in [2.75, 3.05) is 35.6 Å². The minimum absolute atomic E-state index is 0.0242. The highest BCUT2D eigenvalue weighted by Crippen LogP contribution is 2.45. The van der Waals surface area contributed by atoms with E-state index in [4.69, 9.17) is 22.0 Å². The molecule has 0 aliphatic carbocycles. The number of nitrogen functional groups attached to an aromatic ring is 2. The molecule has 0 radical (unpaired) electrons. The van der Waals surface area contributed by atoms with Gasteiger partial charge in [-0.15, -0.1) is 21.1 Å². The van der Waals surface area contributed by atoms with Crippen molar-refractivity contribution in [3.63, 3.8) is 0 Å². The van der Waals surface area contributed by atoms with Gasteiger partial charge in [0, 0.05) is 42.4 Å². The quantitative estimate of drug-likeness (QED) is 0.0556. The van der Waals surface area contributed by atoms with Gasteiger partial charge in [-0.05, 0) is 13.8 Å². The summed E-state index contributed by atoms with van der Waals surface area (Å²) in [5, 5.41) is 27.7. The molecule has 242 valence electrons. The molecule has 1 unspecified atom stereocenters. The Morgan fingerprint density at radius 3 is 2.58 bits per heavy atom. The van der Waals surface area contributed by atoms with Gasteiger partial charge in [-0.1, -0.05) is 5.16 Å². The third-order valence-electron chi connectivity index (χ3n) is 6.88.